The van der Waals surface area contributed by atoms with Gasteiger partial charge in [0.1, 0.15) is 0 Å². The van der Waals surface area contributed by atoms with E-state index < -0.39 is 0 Å². The molecule has 0 N–H and O–H groups in total. The molecule has 0 spiro atoms. The maximum atomic E-state index is 8.57. The van der Waals surface area contributed by atoms with Gasteiger partial charge in [-0.05, 0) is 6.42 Å². The van der Waals surface area contributed by atoms with Crippen molar-refractivity contribution in [2.24, 2.45) is 0 Å². The van der Waals surface area contributed by atoms with E-state index in [9.17, 15) is 0 Å². The summed E-state index contributed by atoms with van der Waals surface area (Å²) in [6.07, 6.45) is 1.17. The first-order valence-corrected chi connectivity index (χ1v) is 4.60. The quantitative estimate of drug-likeness (QED) is 0.686. The van der Waals surface area contributed by atoms with Gasteiger partial charge >= 0.3 is 0 Å². The third-order valence-corrected chi connectivity index (χ3v) is 2.01. The highest BCUT2D eigenvalue weighted by Crippen LogP contribution is 2.06. The van der Waals surface area contributed by atoms with Crippen LogP contribution in [-0.2, 0) is 24.1 Å². The summed E-state index contributed by atoms with van der Waals surface area (Å²) in [5, 5.41) is 16.5. The van der Waals surface area contributed by atoms with E-state index in [1.165, 1.54) is 0 Å². The monoisotopic (exact) mass is 194 g/mol. The number of nitriles is 1. The molecule has 5 nitrogen and oxygen atoms in total. The van der Waals surface area contributed by atoms with Gasteiger partial charge in [-0.3, -0.25) is 0 Å². The van der Waals surface area contributed by atoms with Crippen LogP contribution < -0.4 is 0 Å². The van der Waals surface area contributed by atoms with E-state index in [1.807, 2.05) is 6.92 Å². The second kappa shape index (κ2) is 5.35. The van der Waals surface area contributed by atoms with Crippen LogP contribution in [0.15, 0.2) is 0 Å². The van der Waals surface area contributed by atoms with Crippen LogP contribution in [0.5, 0.6) is 0 Å². The van der Waals surface area contributed by atoms with E-state index in [1.54, 1.807) is 11.8 Å². The zero-order valence-electron chi connectivity index (χ0n) is 8.53. The van der Waals surface area contributed by atoms with E-state index in [2.05, 4.69) is 16.4 Å². The molecule has 0 aliphatic rings. The number of methoxy groups -OCH3 is 1. The first kappa shape index (κ1) is 10.7. The van der Waals surface area contributed by atoms with Crippen LogP contribution >= 0.6 is 0 Å². The average Bonchev–Trinajstić information content (AvgIpc) is 2.58. The summed E-state index contributed by atoms with van der Waals surface area (Å²) >= 11 is 0. The maximum absolute atomic E-state index is 8.57. The van der Waals surface area contributed by atoms with Crippen molar-refractivity contribution >= 4 is 0 Å². The topological polar surface area (TPSA) is 63.7 Å². The highest BCUT2D eigenvalue weighted by Gasteiger charge is 2.09. The third kappa shape index (κ3) is 2.30. The van der Waals surface area contributed by atoms with Crippen molar-refractivity contribution in [3.63, 3.8) is 0 Å². The van der Waals surface area contributed by atoms with Crippen LogP contribution in [0.1, 0.15) is 18.3 Å². The van der Waals surface area contributed by atoms with Crippen LogP contribution in [0.2, 0.25) is 0 Å². The van der Waals surface area contributed by atoms with Crippen molar-refractivity contribution in [3.8, 4) is 6.07 Å². The zero-order valence-corrected chi connectivity index (χ0v) is 8.53. The molecule has 0 aromatic carbocycles. The lowest BCUT2D eigenvalue weighted by Gasteiger charge is -2.03. The normalized spacial score (nSPS) is 10.1. The number of aromatic nitrogens is 3. The fourth-order valence-electron chi connectivity index (χ4n) is 1.32. The van der Waals surface area contributed by atoms with Crippen LogP contribution in [0.3, 0.4) is 0 Å². The SMILES string of the molecule is CCc1c(CC#N)nnn1CCOC. The molecular weight excluding hydrogens is 180 g/mol. The molecule has 76 valence electrons. The lowest BCUT2D eigenvalue weighted by molar-refractivity contribution is 0.182. The van der Waals surface area contributed by atoms with E-state index in [4.69, 9.17) is 10.00 Å². The Morgan fingerprint density at radius 1 is 1.57 bits per heavy atom. The first-order valence-electron chi connectivity index (χ1n) is 4.60. The maximum Gasteiger partial charge on any atom is 0.0999 e. The van der Waals surface area contributed by atoms with Gasteiger partial charge in [0, 0.05) is 7.11 Å². The Morgan fingerprint density at radius 2 is 2.36 bits per heavy atom. The molecule has 0 amide bonds. The van der Waals surface area contributed by atoms with Gasteiger partial charge in [0.15, 0.2) is 0 Å². The van der Waals surface area contributed by atoms with Crippen LogP contribution in [-0.4, -0.2) is 28.7 Å². The Kier molecular flexibility index (Phi) is 4.08. The van der Waals surface area contributed by atoms with E-state index in [-0.39, 0.29) is 0 Å². The molecule has 0 saturated carbocycles. The van der Waals surface area contributed by atoms with Gasteiger partial charge < -0.3 is 4.74 Å². The van der Waals surface area contributed by atoms with Crippen LogP contribution in [0.4, 0.5) is 0 Å². The average molecular weight is 194 g/mol. The predicted octanol–water partition coefficient (Wildman–Crippen LogP) is 0.553. The minimum atomic E-state index is 0.330. The molecule has 0 aliphatic heterocycles. The Morgan fingerprint density at radius 3 is 2.93 bits per heavy atom. The van der Waals surface area contributed by atoms with Crippen molar-refractivity contribution in [3.05, 3.63) is 11.4 Å². The molecule has 5 heteroatoms. The van der Waals surface area contributed by atoms with Crippen molar-refractivity contribution in [2.45, 2.75) is 26.3 Å². The van der Waals surface area contributed by atoms with Gasteiger partial charge in [0.2, 0.25) is 0 Å². The van der Waals surface area contributed by atoms with Crippen molar-refractivity contribution < 1.29 is 4.74 Å². The third-order valence-electron chi connectivity index (χ3n) is 2.01. The first-order chi connectivity index (χ1) is 6.83. The highest BCUT2D eigenvalue weighted by molar-refractivity contribution is 5.13. The summed E-state index contributed by atoms with van der Waals surface area (Å²) in [6.45, 7) is 3.34. The van der Waals surface area contributed by atoms with Crippen LogP contribution in [0, 0.1) is 11.3 Å². The lowest BCUT2D eigenvalue weighted by atomic mass is 10.2. The van der Waals surface area contributed by atoms with Gasteiger partial charge in [-0.1, -0.05) is 12.1 Å². The molecule has 0 atom stereocenters. The predicted molar refractivity (Wildman–Crippen MR) is 50.6 cm³/mol. The molecule has 0 unspecified atom stereocenters. The van der Waals surface area contributed by atoms with Crippen molar-refractivity contribution in [2.75, 3.05) is 13.7 Å². The molecule has 0 saturated heterocycles. The number of hydrogen-bond donors (Lipinski definition) is 0. The lowest BCUT2D eigenvalue weighted by Crippen LogP contribution is -2.09. The van der Waals surface area contributed by atoms with E-state index in [0.717, 1.165) is 17.8 Å². The molecule has 1 aromatic heterocycles. The second-order valence-corrected chi connectivity index (χ2v) is 2.89. The minimum Gasteiger partial charge on any atom is -0.383 e. The molecule has 0 fully saturated rings. The fraction of sp³-hybridized carbons (Fsp3) is 0.667. The van der Waals surface area contributed by atoms with Crippen molar-refractivity contribution in [1.29, 1.82) is 5.26 Å². The highest BCUT2D eigenvalue weighted by atomic mass is 16.5. The van der Waals surface area contributed by atoms with Gasteiger partial charge in [-0.25, -0.2) is 4.68 Å². The molecule has 14 heavy (non-hydrogen) atoms. The molecule has 0 aliphatic carbocycles. The Balaban J connectivity index is 2.79. The summed E-state index contributed by atoms with van der Waals surface area (Å²) in [6, 6.07) is 2.08. The Hall–Kier alpha value is -1.41. The van der Waals surface area contributed by atoms with Gasteiger partial charge in [0.25, 0.3) is 0 Å². The Bertz CT molecular complexity index is 326. The number of ether oxygens (including phenoxy) is 1. The zero-order chi connectivity index (χ0) is 10.4. The summed E-state index contributed by atoms with van der Waals surface area (Å²) in [4.78, 5) is 0. The number of rotatable bonds is 5. The fourth-order valence-corrected chi connectivity index (χ4v) is 1.32. The van der Waals surface area contributed by atoms with Crippen LogP contribution in [0.25, 0.3) is 0 Å². The standard InChI is InChI=1S/C9H14N4O/c1-3-9-8(4-5-10)11-12-13(9)6-7-14-2/h3-4,6-7H2,1-2H3. The van der Waals surface area contributed by atoms with Gasteiger partial charge in [-0.15, -0.1) is 5.10 Å². The van der Waals surface area contributed by atoms with E-state index in [0.29, 0.717) is 19.6 Å². The second-order valence-electron chi connectivity index (χ2n) is 2.89. The number of nitrogens with zero attached hydrogens (tertiary/aromatic N) is 4. The molecule has 1 aromatic rings. The minimum absolute atomic E-state index is 0.330. The molecule has 0 bridgehead atoms. The summed E-state index contributed by atoms with van der Waals surface area (Å²) in [5.41, 5.74) is 1.81. The smallest absolute Gasteiger partial charge is 0.0999 e. The van der Waals surface area contributed by atoms with Crippen molar-refractivity contribution in [1.82, 2.24) is 15.0 Å². The molecule has 1 rings (SSSR count). The number of hydrogen-bond acceptors (Lipinski definition) is 4. The molecular formula is C9H14N4O. The molecule has 1 heterocycles. The largest absolute Gasteiger partial charge is 0.383 e. The van der Waals surface area contributed by atoms with Gasteiger partial charge in [0.05, 0.1) is 37.0 Å². The van der Waals surface area contributed by atoms with E-state index >= 15 is 0 Å². The van der Waals surface area contributed by atoms with Gasteiger partial charge in [-0.2, -0.15) is 5.26 Å². The summed E-state index contributed by atoms with van der Waals surface area (Å²) < 4.78 is 6.76. The Labute approximate surface area is 83.3 Å². The molecule has 0 radical (unpaired) electrons. The summed E-state index contributed by atoms with van der Waals surface area (Å²) in [5.74, 6) is 0. The summed E-state index contributed by atoms with van der Waals surface area (Å²) in [7, 11) is 1.65.